The van der Waals surface area contributed by atoms with Crippen LogP contribution in [0, 0.1) is 0 Å². The first-order valence-corrected chi connectivity index (χ1v) is 11.0. The van der Waals surface area contributed by atoms with Crippen LogP contribution in [0.2, 0.25) is 0 Å². The number of rotatable bonds is 5. The molecular weight excluding hydrogens is 400 g/mol. The number of amides is 1. The van der Waals surface area contributed by atoms with Crippen molar-refractivity contribution >= 4 is 16.8 Å². The average molecular weight is 427 g/mol. The monoisotopic (exact) mass is 426 g/mol. The van der Waals surface area contributed by atoms with Crippen LogP contribution in [0.15, 0.2) is 72.8 Å². The summed E-state index contributed by atoms with van der Waals surface area (Å²) in [6, 6.07) is 23.5. The molecule has 1 atom stereocenters. The minimum Gasteiger partial charge on any atom is -0.496 e. The van der Waals surface area contributed by atoms with Crippen LogP contribution in [0.5, 0.6) is 11.5 Å². The van der Waals surface area contributed by atoms with E-state index in [9.17, 15) is 4.79 Å². The van der Waals surface area contributed by atoms with E-state index in [1.807, 2.05) is 60.4 Å². The molecule has 162 valence electrons. The van der Waals surface area contributed by atoms with Crippen LogP contribution in [0.4, 0.5) is 0 Å². The molecule has 4 aromatic rings. The number of hydrogen-bond acceptors (Lipinski definition) is 3. The van der Waals surface area contributed by atoms with Gasteiger partial charge in [0.1, 0.15) is 11.5 Å². The van der Waals surface area contributed by atoms with Crippen molar-refractivity contribution < 1.29 is 14.3 Å². The van der Waals surface area contributed by atoms with Crippen molar-refractivity contribution in [2.75, 3.05) is 20.3 Å². The number of carbonyl (C=O) groups excluding carboxylic acids is 1. The lowest BCUT2D eigenvalue weighted by Gasteiger charge is -2.36. The fourth-order valence-corrected chi connectivity index (χ4v) is 4.72. The van der Waals surface area contributed by atoms with E-state index in [1.54, 1.807) is 7.11 Å². The summed E-state index contributed by atoms with van der Waals surface area (Å²) in [6.07, 6.45) is 0.794. The van der Waals surface area contributed by atoms with Crippen LogP contribution >= 0.6 is 0 Å². The van der Waals surface area contributed by atoms with Crippen LogP contribution in [0.25, 0.3) is 10.9 Å². The topological polar surface area (TPSA) is 54.6 Å². The van der Waals surface area contributed by atoms with E-state index >= 15 is 0 Å². The Morgan fingerprint density at radius 2 is 1.88 bits per heavy atom. The molecule has 0 fully saturated rings. The summed E-state index contributed by atoms with van der Waals surface area (Å²) in [5, 5.41) is 1.22. The molecule has 1 aliphatic heterocycles. The molecule has 0 aliphatic carbocycles. The zero-order chi connectivity index (χ0) is 22.1. The first-order valence-electron chi connectivity index (χ1n) is 11.0. The Hall–Kier alpha value is -3.73. The molecule has 3 aromatic carbocycles. The van der Waals surface area contributed by atoms with E-state index in [0.717, 1.165) is 28.9 Å². The van der Waals surface area contributed by atoms with Crippen molar-refractivity contribution in [1.29, 1.82) is 0 Å². The number of H-pyrrole nitrogens is 1. The lowest BCUT2D eigenvalue weighted by Crippen LogP contribution is -2.40. The molecule has 0 saturated carbocycles. The molecule has 0 spiro atoms. The van der Waals surface area contributed by atoms with Crippen LogP contribution in [0.1, 0.15) is 40.1 Å². The van der Waals surface area contributed by atoms with Gasteiger partial charge in [-0.05, 0) is 54.8 Å². The molecule has 2 heterocycles. The number of hydrogen-bond donors (Lipinski definition) is 1. The molecule has 5 nitrogen and oxygen atoms in total. The number of nitrogens with one attached hydrogen (secondary N) is 1. The van der Waals surface area contributed by atoms with E-state index < -0.39 is 0 Å². The molecule has 0 radical (unpaired) electrons. The number of nitrogens with zero attached hydrogens (tertiary/aromatic N) is 1. The maximum atomic E-state index is 13.8. The first kappa shape index (κ1) is 20.2. The van der Waals surface area contributed by atoms with Crippen molar-refractivity contribution in [3.8, 4) is 11.5 Å². The van der Waals surface area contributed by atoms with E-state index in [2.05, 4.69) is 29.2 Å². The second-order valence-corrected chi connectivity index (χ2v) is 7.92. The molecule has 32 heavy (non-hydrogen) atoms. The van der Waals surface area contributed by atoms with Crippen molar-refractivity contribution in [3.63, 3.8) is 0 Å². The van der Waals surface area contributed by atoms with Gasteiger partial charge in [0, 0.05) is 23.1 Å². The zero-order valence-corrected chi connectivity index (χ0v) is 18.3. The van der Waals surface area contributed by atoms with Crippen molar-refractivity contribution in [1.82, 2.24) is 9.88 Å². The van der Waals surface area contributed by atoms with Crippen LogP contribution in [0.3, 0.4) is 0 Å². The average Bonchev–Trinajstić information content (AvgIpc) is 3.22. The lowest BCUT2D eigenvalue weighted by atomic mass is 9.91. The van der Waals surface area contributed by atoms with E-state index in [1.165, 1.54) is 10.9 Å². The second-order valence-electron chi connectivity index (χ2n) is 7.92. The van der Waals surface area contributed by atoms with Gasteiger partial charge in [0.05, 0.1) is 25.3 Å². The summed E-state index contributed by atoms with van der Waals surface area (Å²) < 4.78 is 11.3. The molecule has 1 amide bonds. The third kappa shape index (κ3) is 3.40. The van der Waals surface area contributed by atoms with Gasteiger partial charge in [-0.15, -0.1) is 0 Å². The van der Waals surface area contributed by atoms with Gasteiger partial charge in [-0.25, -0.2) is 0 Å². The Bertz CT molecular complexity index is 1280. The van der Waals surface area contributed by atoms with Gasteiger partial charge in [0.25, 0.3) is 5.91 Å². The van der Waals surface area contributed by atoms with E-state index in [-0.39, 0.29) is 11.9 Å². The number of benzene rings is 3. The number of carbonyl (C=O) groups is 1. The SMILES string of the molecule is CCOc1cccc(C2c3[nH]c4ccccc4c3CCN2C(=O)c2ccccc2OC)c1. The zero-order valence-electron chi connectivity index (χ0n) is 18.3. The second kappa shape index (κ2) is 8.42. The minimum absolute atomic E-state index is 0.0430. The summed E-state index contributed by atoms with van der Waals surface area (Å²) >= 11 is 0. The third-order valence-electron chi connectivity index (χ3n) is 6.12. The van der Waals surface area contributed by atoms with Gasteiger partial charge in [-0.1, -0.05) is 42.5 Å². The van der Waals surface area contributed by atoms with E-state index in [4.69, 9.17) is 9.47 Å². The van der Waals surface area contributed by atoms with Crippen molar-refractivity contribution in [3.05, 3.63) is 95.2 Å². The van der Waals surface area contributed by atoms with Gasteiger partial charge in [0.2, 0.25) is 0 Å². The Labute approximate surface area is 187 Å². The number of ether oxygens (including phenoxy) is 2. The Balaban J connectivity index is 1.66. The lowest BCUT2D eigenvalue weighted by molar-refractivity contribution is 0.0688. The van der Waals surface area contributed by atoms with E-state index in [0.29, 0.717) is 24.5 Å². The smallest absolute Gasteiger partial charge is 0.258 e. The predicted octanol–water partition coefficient (Wildman–Crippen LogP) is 5.36. The molecule has 1 aromatic heterocycles. The molecule has 1 N–H and O–H groups in total. The fraction of sp³-hybridized carbons (Fsp3) is 0.222. The maximum absolute atomic E-state index is 13.8. The minimum atomic E-state index is -0.246. The highest BCUT2D eigenvalue weighted by Crippen LogP contribution is 2.40. The summed E-state index contributed by atoms with van der Waals surface area (Å²) in [4.78, 5) is 19.4. The van der Waals surface area contributed by atoms with Gasteiger partial charge in [-0.2, -0.15) is 0 Å². The summed E-state index contributed by atoms with van der Waals surface area (Å²) in [7, 11) is 1.60. The summed E-state index contributed by atoms with van der Waals surface area (Å²) in [5.41, 5.74) is 5.02. The highest BCUT2D eigenvalue weighted by Gasteiger charge is 2.35. The largest absolute Gasteiger partial charge is 0.496 e. The van der Waals surface area contributed by atoms with Gasteiger partial charge in [-0.3, -0.25) is 4.79 Å². The van der Waals surface area contributed by atoms with Crippen molar-refractivity contribution in [2.45, 2.75) is 19.4 Å². The quantitative estimate of drug-likeness (QED) is 0.467. The number of aromatic amines is 1. The number of aromatic nitrogens is 1. The highest BCUT2D eigenvalue weighted by atomic mass is 16.5. The predicted molar refractivity (Wildman–Crippen MR) is 125 cm³/mol. The fourth-order valence-electron chi connectivity index (χ4n) is 4.72. The first-order chi connectivity index (χ1) is 15.7. The maximum Gasteiger partial charge on any atom is 0.258 e. The highest BCUT2D eigenvalue weighted by molar-refractivity contribution is 5.98. The molecule has 5 rings (SSSR count). The van der Waals surface area contributed by atoms with Gasteiger partial charge in [0.15, 0.2) is 0 Å². The Morgan fingerprint density at radius 3 is 2.72 bits per heavy atom. The van der Waals surface area contributed by atoms with Crippen LogP contribution < -0.4 is 9.47 Å². The van der Waals surface area contributed by atoms with Crippen LogP contribution in [-0.4, -0.2) is 36.1 Å². The van der Waals surface area contributed by atoms with Crippen LogP contribution in [-0.2, 0) is 6.42 Å². The van der Waals surface area contributed by atoms with Gasteiger partial charge >= 0.3 is 0 Å². The molecule has 0 saturated heterocycles. The molecule has 1 unspecified atom stereocenters. The number of fused-ring (bicyclic) bond motifs is 3. The molecular formula is C27H26N2O3. The third-order valence-corrected chi connectivity index (χ3v) is 6.12. The molecule has 0 bridgehead atoms. The number of para-hydroxylation sites is 2. The molecule has 1 aliphatic rings. The van der Waals surface area contributed by atoms with Crippen molar-refractivity contribution in [2.24, 2.45) is 0 Å². The number of methoxy groups -OCH3 is 1. The summed E-state index contributed by atoms with van der Waals surface area (Å²) in [5.74, 6) is 1.35. The Morgan fingerprint density at radius 1 is 1.06 bits per heavy atom. The summed E-state index contributed by atoms with van der Waals surface area (Å²) in [6.45, 7) is 3.19. The molecule has 5 heteroatoms. The standard InChI is InChI=1S/C27H26N2O3/c1-3-32-19-10-8-9-18(17-19)26-25-21(20-11-4-6-13-23(20)28-25)15-16-29(26)27(30)22-12-5-7-14-24(22)31-2/h4-14,17,26,28H,3,15-16H2,1-2H3. The van der Waals surface area contributed by atoms with Gasteiger partial charge < -0.3 is 19.4 Å². The normalized spacial score (nSPS) is 15.4. The Kier molecular flexibility index (Phi) is 5.31.